The van der Waals surface area contributed by atoms with Gasteiger partial charge in [-0.1, -0.05) is 13.8 Å². The topological polar surface area (TPSA) is 49.6 Å². The van der Waals surface area contributed by atoms with Gasteiger partial charge in [0.1, 0.15) is 0 Å². The van der Waals surface area contributed by atoms with Crippen LogP contribution in [-0.2, 0) is 0 Å². The van der Waals surface area contributed by atoms with Crippen molar-refractivity contribution in [3.05, 3.63) is 0 Å². The molecule has 0 aromatic carbocycles. The normalized spacial score (nSPS) is 31.1. The standard InChI is InChI=1S/C16H31N3O/c1-3-10-19(15-8-6-14(17)7-9-15)16(20)18-11-4-5-13(2)12-18/h13-15H,3-12,17H2,1-2H3. The molecule has 1 saturated carbocycles. The summed E-state index contributed by atoms with van der Waals surface area (Å²) in [6.07, 6.45) is 7.74. The third-order valence-electron chi connectivity index (χ3n) is 4.82. The van der Waals surface area contributed by atoms with Crippen molar-refractivity contribution in [2.24, 2.45) is 11.7 Å². The third kappa shape index (κ3) is 3.87. The SMILES string of the molecule is CCCN(C(=O)N1CCCC(C)C1)C1CCC(N)CC1. The first-order chi connectivity index (χ1) is 9.61. The second kappa shape index (κ2) is 7.30. The van der Waals surface area contributed by atoms with Crippen LogP contribution >= 0.6 is 0 Å². The van der Waals surface area contributed by atoms with Gasteiger partial charge in [0, 0.05) is 31.7 Å². The van der Waals surface area contributed by atoms with Crippen molar-refractivity contribution in [1.29, 1.82) is 0 Å². The summed E-state index contributed by atoms with van der Waals surface area (Å²) in [5.74, 6) is 0.649. The highest BCUT2D eigenvalue weighted by molar-refractivity contribution is 5.75. The van der Waals surface area contributed by atoms with E-state index in [1.165, 1.54) is 6.42 Å². The van der Waals surface area contributed by atoms with E-state index < -0.39 is 0 Å². The lowest BCUT2D eigenvalue weighted by Gasteiger charge is -2.41. The molecule has 1 saturated heterocycles. The van der Waals surface area contributed by atoms with Gasteiger partial charge in [-0.2, -0.15) is 0 Å². The summed E-state index contributed by atoms with van der Waals surface area (Å²) < 4.78 is 0. The zero-order chi connectivity index (χ0) is 14.5. The molecule has 116 valence electrons. The third-order valence-corrected chi connectivity index (χ3v) is 4.82. The van der Waals surface area contributed by atoms with E-state index in [1.54, 1.807) is 0 Å². The van der Waals surface area contributed by atoms with Crippen LogP contribution < -0.4 is 5.73 Å². The number of carbonyl (C=O) groups is 1. The summed E-state index contributed by atoms with van der Waals surface area (Å²) in [4.78, 5) is 17.1. The van der Waals surface area contributed by atoms with Crippen molar-refractivity contribution in [2.75, 3.05) is 19.6 Å². The van der Waals surface area contributed by atoms with Gasteiger partial charge in [0.2, 0.25) is 0 Å². The molecule has 1 heterocycles. The number of likely N-dealkylation sites (tertiary alicyclic amines) is 1. The molecule has 1 aliphatic carbocycles. The molecule has 0 aromatic rings. The second-order valence-electron chi connectivity index (χ2n) is 6.74. The number of amides is 2. The van der Waals surface area contributed by atoms with Gasteiger partial charge >= 0.3 is 6.03 Å². The van der Waals surface area contributed by atoms with Crippen LogP contribution in [0.3, 0.4) is 0 Å². The van der Waals surface area contributed by atoms with Crippen LogP contribution in [0.4, 0.5) is 4.79 Å². The van der Waals surface area contributed by atoms with Crippen molar-refractivity contribution in [3.8, 4) is 0 Å². The molecule has 0 bridgehead atoms. The average Bonchev–Trinajstić information content (AvgIpc) is 2.45. The van der Waals surface area contributed by atoms with Gasteiger partial charge in [-0.15, -0.1) is 0 Å². The molecule has 1 unspecified atom stereocenters. The molecule has 2 N–H and O–H groups in total. The molecule has 2 aliphatic rings. The molecule has 0 spiro atoms. The van der Waals surface area contributed by atoms with Gasteiger partial charge in [-0.25, -0.2) is 4.79 Å². The maximum atomic E-state index is 12.8. The summed E-state index contributed by atoms with van der Waals surface area (Å²) in [6, 6.07) is 1.04. The molecule has 0 radical (unpaired) electrons. The van der Waals surface area contributed by atoms with Crippen molar-refractivity contribution in [3.63, 3.8) is 0 Å². The van der Waals surface area contributed by atoms with E-state index in [0.29, 0.717) is 18.0 Å². The van der Waals surface area contributed by atoms with Crippen LogP contribution in [0.15, 0.2) is 0 Å². The molecule has 4 heteroatoms. The molecular weight excluding hydrogens is 250 g/mol. The quantitative estimate of drug-likeness (QED) is 0.865. The lowest BCUT2D eigenvalue weighted by atomic mass is 9.90. The number of urea groups is 1. The molecule has 2 fully saturated rings. The minimum atomic E-state index is 0.277. The fourth-order valence-corrected chi connectivity index (χ4v) is 3.63. The van der Waals surface area contributed by atoms with Gasteiger partial charge in [-0.05, 0) is 50.9 Å². The minimum Gasteiger partial charge on any atom is -0.328 e. The Morgan fingerprint density at radius 2 is 1.95 bits per heavy atom. The van der Waals surface area contributed by atoms with Gasteiger partial charge in [0.05, 0.1) is 0 Å². The van der Waals surface area contributed by atoms with Gasteiger partial charge < -0.3 is 15.5 Å². The number of rotatable bonds is 3. The summed E-state index contributed by atoms with van der Waals surface area (Å²) >= 11 is 0. The lowest BCUT2D eigenvalue weighted by Crippen LogP contribution is -2.52. The first kappa shape index (κ1) is 15.6. The summed E-state index contributed by atoms with van der Waals surface area (Å²) in [6.45, 7) is 7.18. The first-order valence-corrected chi connectivity index (χ1v) is 8.43. The van der Waals surface area contributed by atoms with E-state index in [-0.39, 0.29) is 6.03 Å². The molecule has 4 nitrogen and oxygen atoms in total. The predicted octanol–water partition coefficient (Wildman–Crippen LogP) is 2.82. The van der Waals surface area contributed by atoms with Crippen LogP contribution in [0, 0.1) is 5.92 Å². The Hall–Kier alpha value is -0.770. The number of piperidine rings is 1. The largest absolute Gasteiger partial charge is 0.328 e. The number of carbonyl (C=O) groups excluding carboxylic acids is 1. The Bertz CT molecular complexity index is 313. The molecule has 2 amide bonds. The van der Waals surface area contributed by atoms with Crippen LogP contribution in [-0.4, -0.2) is 47.5 Å². The Balaban J connectivity index is 1.97. The van der Waals surface area contributed by atoms with Crippen molar-refractivity contribution in [1.82, 2.24) is 9.80 Å². The highest BCUT2D eigenvalue weighted by atomic mass is 16.2. The maximum absolute atomic E-state index is 12.8. The van der Waals surface area contributed by atoms with Crippen molar-refractivity contribution < 1.29 is 4.79 Å². The molecular formula is C16H31N3O. The van der Waals surface area contributed by atoms with E-state index in [4.69, 9.17) is 5.73 Å². The average molecular weight is 281 g/mol. The van der Waals surface area contributed by atoms with Crippen LogP contribution in [0.25, 0.3) is 0 Å². The smallest absolute Gasteiger partial charge is 0.320 e. The molecule has 2 rings (SSSR count). The Morgan fingerprint density at radius 1 is 1.25 bits per heavy atom. The van der Waals surface area contributed by atoms with Crippen LogP contribution in [0.1, 0.15) is 58.8 Å². The van der Waals surface area contributed by atoms with Gasteiger partial charge in [0.15, 0.2) is 0 Å². The Morgan fingerprint density at radius 3 is 2.55 bits per heavy atom. The lowest BCUT2D eigenvalue weighted by molar-refractivity contribution is 0.102. The first-order valence-electron chi connectivity index (χ1n) is 8.43. The van der Waals surface area contributed by atoms with Gasteiger partial charge in [0.25, 0.3) is 0 Å². The Labute approximate surface area is 123 Å². The number of nitrogens with two attached hydrogens (primary N) is 1. The van der Waals surface area contributed by atoms with E-state index in [2.05, 4.69) is 23.6 Å². The highest BCUT2D eigenvalue weighted by Crippen LogP contribution is 2.25. The molecule has 0 aromatic heterocycles. The maximum Gasteiger partial charge on any atom is 0.320 e. The molecule has 1 atom stereocenters. The fraction of sp³-hybridized carbons (Fsp3) is 0.938. The predicted molar refractivity (Wildman–Crippen MR) is 82.6 cm³/mol. The van der Waals surface area contributed by atoms with E-state index in [0.717, 1.165) is 58.2 Å². The van der Waals surface area contributed by atoms with E-state index in [9.17, 15) is 4.79 Å². The van der Waals surface area contributed by atoms with Crippen LogP contribution in [0.5, 0.6) is 0 Å². The van der Waals surface area contributed by atoms with Crippen molar-refractivity contribution >= 4 is 6.03 Å². The second-order valence-corrected chi connectivity index (χ2v) is 6.74. The monoisotopic (exact) mass is 281 g/mol. The summed E-state index contributed by atoms with van der Waals surface area (Å²) in [5, 5.41) is 0. The minimum absolute atomic E-state index is 0.277. The molecule has 1 aliphatic heterocycles. The highest BCUT2D eigenvalue weighted by Gasteiger charge is 2.31. The summed E-state index contributed by atoms with van der Waals surface area (Å²) in [5.41, 5.74) is 5.99. The van der Waals surface area contributed by atoms with Gasteiger partial charge in [-0.3, -0.25) is 0 Å². The van der Waals surface area contributed by atoms with Crippen molar-refractivity contribution in [2.45, 2.75) is 70.9 Å². The van der Waals surface area contributed by atoms with Crippen LogP contribution in [0.2, 0.25) is 0 Å². The van der Waals surface area contributed by atoms with E-state index in [1.807, 2.05) is 0 Å². The number of hydrogen-bond donors (Lipinski definition) is 1. The summed E-state index contributed by atoms with van der Waals surface area (Å²) in [7, 11) is 0. The Kier molecular flexibility index (Phi) is 5.70. The molecule has 20 heavy (non-hydrogen) atoms. The zero-order valence-corrected chi connectivity index (χ0v) is 13.2. The fourth-order valence-electron chi connectivity index (χ4n) is 3.63. The number of hydrogen-bond acceptors (Lipinski definition) is 2. The zero-order valence-electron chi connectivity index (χ0n) is 13.2. The number of nitrogens with zero attached hydrogens (tertiary/aromatic N) is 2. The van der Waals surface area contributed by atoms with E-state index >= 15 is 0 Å².